The molecule has 3 rings (SSSR count). The summed E-state index contributed by atoms with van der Waals surface area (Å²) in [4.78, 5) is 5.02. The number of aromatic nitrogens is 1. The zero-order valence-electron chi connectivity index (χ0n) is 11.2. The third kappa shape index (κ3) is 2.61. The van der Waals surface area contributed by atoms with Crippen LogP contribution < -0.4 is 0 Å². The predicted octanol–water partition coefficient (Wildman–Crippen LogP) is 5.26. The van der Waals surface area contributed by atoms with Gasteiger partial charge in [-0.2, -0.15) is 0 Å². The summed E-state index contributed by atoms with van der Waals surface area (Å²) in [7, 11) is 0. The van der Waals surface area contributed by atoms with E-state index < -0.39 is 17.5 Å². The Bertz CT molecular complexity index is 858. The monoisotopic (exact) mass is 383 g/mol. The highest BCUT2D eigenvalue weighted by atomic mass is 79.9. The smallest absolute Gasteiger partial charge is 0.196 e. The maximum Gasteiger partial charge on any atom is 0.196 e. The van der Waals surface area contributed by atoms with Gasteiger partial charge in [-0.15, -0.1) is 0 Å². The molecule has 0 unspecified atom stereocenters. The van der Waals surface area contributed by atoms with E-state index in [0.29, 0.717) is 17.4 Å². The third-order valence-electron chi connectivity index (χ3n) is 3.41. The molecule has 1 nitrogen and oxygen atoms in total. The van der Waals surface area contributed by atoms with Crippen molar-refractivity contribution >= 4 is 49.5 Å². The van der Waals surface area contributed by atoms with Crippen LogP contribution in [0, 0.1) is 17.5 Å². The second-order valence-corrected chi connectivity index (χ2v) is 5.94. The van der Waals surface area contributed by atoms with Gasteiger partial charge in [0.1, 0.15) is 5.52 Å². The van der Waals surface area contributed by atoms with Crippen LogP contribution in [0.4, 0.5) is 13.2 Å². The number of nitrogens with zero attached hydrogens (tertiary/aromatic N) is 1. The highest BCUT2D eigenvalue weighted by molar-refractivity contribution is 9.08. The van der Waals surface area contributed by atoms with Crippen molar-refractivity contribution in [2.45, 2.75) is 11.8 Å². The Balaban J connectivity index is 2.26. The van der Waals surface area contributed by atoms with E-state index in [2.05, 4.69) is 20.9 Å². The number of allylic oxidation sites excluding steroid dienone is 4. The summed E-state index contributed by atoms with van der Waals surface area (Å²) < 4.78 is 40.7. The molecule has 0 aliphatic heterocycles. The molecule has 0 bridgehead atoms. The molecule has 2 aromatic rings. The number of thiocarbonyl (C=S) groups is 1. The van der Waals surface area contributed by atoms with Gasteiger partial charge in [-0.3, -0.25) is 0 Å². The first-order valence-corrected chi connectivity index (χ1v) is 7.98. The number of rotatable bonds is 2. The zero-order valence-corrected chi connectivity index (χ0v) is 13.6. The minimum atomic E-state index is -1.51. The maximum atomic E-state index is 14.0. The molecule has 0 spiro atoms. The molecule has 22 heavy (non-hydrogen) atoms. The van der Waals surface area contributed by atoms with Gasteiger partial charge in [0.2, 0.25) is 0 Å². The molecule has 1 heterocycles. The molecule has 112 valence electrons. The van der Waals surface area contributed by atoms with Crippen molar-refractivity contribution < 1.29 is 13.2 Å². The van der Waals surface area contributed by atoms with Gasteiger partial charge < -0.3 is 0 Å². The average Bonchev–Trinajstić information content (AvgIpc) is 2.52. The summed E-state index contributed by atoms with van der Waals surface area (Å²) in [5.74, 6) is -4.00. The van der Waals surface area contributed by atoms with E-state index in [4.69, 9.17) is 12.2 Å². The summed E-state index contributed by atoms with van der Waals surface area (Å²) in [6, 6.07) is 2.57. The van der Waals surface area contributed by atoms with Crippen molar-refractivity contribution in [3.05, 3.63) is 59.1 Å². The summed E-state index contributed by atoms with van der Waals surface area (Å²) in [6.07, 6.45) is 6.07. The number of fused-ring (bicyclic) bond motifs is 1. The second-order valence-electron chi connectivity index (χ2n) is 4.85. The van der Waals surface area contributed by atoms with Gasteiger partial charge in [-0.25, -0.2) is 18.2 Å². The minimum absolute atomic E-state index is 0.180. The molecule has 0 saturated carbocycles. The first-order valence-electron chi connectivity index (χ1n) is 6.45. The van der Waals surface area contributed by atoms with E-state index in [1.54, 1.807) is 18.2 Å². The van der Waals surface area contributed by atoms with E-state index in [0.717, 1.165) is 22.1 Å². The Morgan fingerprint density at radius 2 is 1.91 bits per heavy atom. The summed E-state index contributed by atoms with van der Waals surface area (Å²) in [5, 5.41) is 0.687. The van der Waals surface area contributed by atoms with Gasteiger partial charge in [-0.1, -0.05) is 40.3 Å². The lowest BCUT2D eigenvalue weighted by Gasteiger charge is -2.13. The molecule has 0 atom stereocenters. The quantitative estimate of drug-likeness (QED) is 0.398. The third-order valence-corrected chi connectivity index (χ3v) is 4.32. The first kappa shape index (κ1) is 15.4. The normalized spacial score (nSPS) is 14.5. The predicted molar refractivity (Wildman–Crippen MR) is 88.6 cm³/mol. The molecule has 1 aromatic carbocycles. The molecule has 0 N–H and O–H groups in total. The zero-order chi connectivity index (χ0) is 15.9. The van der Waals surface area contributed by atoms with Crippen molar-refractivity contribution in [1.82, 2.24) is 4.98 Å². The van der Waals surface area contributed by atoms with E-state index in [1.807, 2.05) is 6.08 Å². The van der Waals surface area contributed by atoms with E-state index >= 15 is 0 Å². The average molecular weight is 384 g/mol. The van der Waals surface area contributed by atoms with Crippen molar-refractivity contribution in [1.29, 1.82) is 0 Å². The van der Waals surface area contributed by atoms with Crippen molar-refractivity contribution in [3.8, 4) is 0 Å². The Kier molecular flexibility index (Phi) is 4.14. The maximum absolute atomic E-state index is 14.0. The number of pyridine rings is 1. The van der Waals surface area contributed by atoms with Crippen LogP contribution in [-0.4, -0.2) is 9.85 Å². The summed E-state index contributed by atoms with van der Waals surface area (Å²) in [5.41, 5.74) is 1.91. The second kappa shape index (κ2) is 5.93. The van der Waals surface area contributed by atoms with Crippen LogP contribution in [0.5, 0.6) is 0 Å². The van der Waals surface area contributed by atoms with Crippen molar-refractivity contribution in [2.24, 2.45) is 0 Å². The van der Waals surface area contributed by atoms with Crippen LogP contribution in [0.3, 0.4) is 0 Å². The van der Waals surface area contributed by atoms with E-state index in [1.165, 1.54) is 0 Å². The molecule has 1 aliphatic carbocycles. The fourth-order valence-corrected chi connectivity index (χ4v) is 2.90. The van der Waals surface area contributed by atoms with Gasteiger partial charge in [0, 0.05) is 22.0 Å². The molecular formula is C16H9BrF3NS. The number of hydrogen-bond donors (Lipinski definition) is 0. The molecule has 0 amide bonds. The molecule has 0 fully saturated rings. The Morgan fingerprint density at radius 3 is 2.55 bits per heavy atom. The summed E-state index contributed by atoms with van der Waals surface area (Å²) in [6.45, 7) is 0. The Hall–Kier alpha value is -1.53. The summed E-state index contributed by atoms with van der Waals surface area (Å²) >= 11 is 8.43. The van der Waals surface area contributed by atoms with Crippen molar-refractivity contribution in [3.63, 3.8) is 0 Å². The standard InChI is InChI=1S/C16H9BrF3NS/c17-7-10-5-9-6-12(18)13(19)14(20)16(9)21-15(10)8-1-3-11(22)4-2-8/h1-3,5-6H,4,7H2. The van der Waals surface area contributed by atoms with Crippen molar-refractivity contribution in [2.75, 3.05) is 0 Å². The number of benzene rings is 1. The highest BCUT2D eigenvalue weighted by Crippen LogP contribution is 2.29. The van der Waals surface area contributed by atoms with Gasteiger partial charge in [0.05, 0.1) is 5.69 Å². The van der Waals surface area contributed by atoms with Crippen LogP contribution in [0.15, 0.2) is 30.4 Å². The number of alkyl halides is 1. The highest BCUT2D eigenvalue weighted by Gasteiger charge is 2.18. The molecule has 6 heteroatoms. The molecule has 0 radical (unpaired) electrons. The largest absolute Gasteiger partial charge is 0.244 e. The van der Waals surface area contributed by atoms with Gasteiger partial charge >= 0.3 is 0 Å². The van der Waals surface area contributed by atoms with Crippen LogP contribution >= 0.6 is 28.1 Å². The van der Waals surface area contributed by atoms with E-state index in [-0.39, 0.29) is 10.9 Å². The number of hydrogen-bond acceptors (Lipinski definition) is 2. The lowest BCUT2D eigenvalue weighted by Crippen LogP contribution is -2.02. The SMILES string of the molecule is Fc1cc2cc(CBr)c(C3=CCC(=S)C=C3)nc2c(F)c1F. The minimum Gasteiger partial charge on any atom is -0.244 e. The Labute approximate surface area is 138 Å². The Morgan fingerprint density at radius 1 is 1.14 bits per heavy atom. The topological polar surface area (TPSA) is 12.9 Å². The van der Waals surface area contributed by atoms with Crippen LogP contribution in [0.2, 0.25) is 0 Å². The molecule has 1 aliphatic rings. The molecule has 0 saturated heterocycles. The van der Waals surface area contributed by atoms with Crippen LogP contribution in [0.25, 0.3) is 16.5 Å². The fourth-order valence-electron chi connectivity index (χ4n) is 2.32. The molecule has 1 aromatic heterocycles. The van der Waals surface area contributed by atoms with Gasteiger partial charge in [0.25, 0.3) is 0 Å². The van der Waals surface area contributed by atoms with Gasteiger partial charge in [-0.05, 0) is 29.3 Å². The fraction of sp³-hybridized carbons (Fsp3) is 0.125. The van der Waals surface area contributed by atoms with E-state index in [9.17, 15) is 13.2 Å². The first-order chi connectivity index (χ1) is 10.5. The lowest BCUT2D eigenvalue weighted by atomic mass is 9.99. The molecular weight excluding hydrogens is 375 g/mol. The van der Waals surface area contributed by atoms with Crippen LogP contribution in [0.1, 0.15) is 17.7 Å². The van der Waals surface area contributed by atoms with Crippen LogP contribution in [-0.2, 0) is 5.33 Å². The number of halogens is 4. The lowest BCUT2D eigenvalue weighted by molar-refractivity contribution is 0.452. The van der Waals surface area contributed by atoms with Gasteiger partial charge in [0.15, 0.2) is 17.5 Å².